The van der Waals surface area contributed by atoms with E-state index in [9.17, 15) is 4.39 Å². The van der Waals surface area contributed by atoms with Gasteiger partial charge in [-0.05, 0) is 17.7 Å². The Bertz CT molecular complexity index is 248. The topological polar surface area (TPSA) is 26.0 Å². The highest BCUT2D eigenvalue weighted by Gasteiger charge is 2.00. The van der Waals surface area contributed by atoms with E-state index in [1.54, 1.807) is 11.8 Å². The van der Waals surface area contributed by atoms with Crippen molar-refractivity contribution in [1.82, 2.24) is 0 Å². The van der Waals surface area contributed by atoms with Crippen LogP contribution in [0.5, 0.6) is 0 Å². The van der Waals surface area contributed by atoms with Crippen LogP contribution in [0, 0.1) is 5.82 Å². The Hall–Kier alpha value is -0.540. The minimum absolute atomic E-state index is 0.180. The second-order valence-electron chi connectivity index (χ2n) is 2.98. The van der Waals surface area contributed by atoms with Gasteiger partial charge in [0.1, 0.15) is 5.82 Å². The van der Waals surface area contributed by atoms with Crippen LogP contribution < -0.4 is 5.73 Å². The maximum atomic E-state index is 12.5. The van der Waals surface area contributed by atoms with Gasteiger partial charge >= 0.3 is 0 Å². The van der Waals surface area contributed by atoms with Gasteiger partial charge in [0.15, 0.2) is 0 Å². The molecule has 0 fully saturated rings. The Balaban J connectivity index is 2.41. The van der Waals surface area contributed by atoms with Crippen LogP contribution >= 0.6 is 11.8 Å². The van der Waals surface area contributed by atoms with Gasteiger partial charge in [0.2, 0.25) is 0 Å². The first-order valence-corrected chi connectivity index (χ1v) is 5.33. The fourth-order valence-electron chi connectivity index (χ4n) is 0.887. The molecule has 0 heterocycles. The fraction of sp³-hybridized carbons (Fsp3) is 0.400. The standard InChI is InChI=1S/C10H14FNS/c1-8(6-12)13-7-9-2-4-10(11)5-3-9/h2-5,8H,6-7,12H2,1H3. The third-order valence-electron chi connectivity index (χ3n) is 1.78. The molecule has 1 atom stereocenters. The summed E-state index contributed by atoms with van der Waals surface area (Å²) in [6, 6.07) is 6.60. The number of halogens is 1. The molecule has 0 spiro atoms. The predicted molar refractivity (Wildman–Crippen MR) is 56.2 cm³/mol. The third kappa shape index (κ3) is 3.79. The molecule has 3 heteroatoms. The smallest absolute Gasteiger partial charge is 0.123 e. The highest BCUT2D eigenvalue weighted by atomic mass is 32.2. The van der Waals surface area contributed by atoms with Gasteiger partial charge in [0.05, 0.1) is 0 Å². The first kappa shape index (κ1) is 10.5. The zero-order chi connectivity index (χ0) is 9.68. The zero-order valence-electron chi connectivity index (χ0n) is 7.66. The molecule has 0 aliphatic carbocycles. The SMILES string of the molecule is CC(CN)SCc1ccc(F)cc1. The van der Waals surface area contributed by atoms with E-state index in [0.717, 1.165) is 11.3 Å². The van der Waals surface area contributed by atoms with E-state index in [0.29, 0.717) is 11.8 Å². The van der Waals surface area contributed by atoms with Gasteiger partial charge in [-0.2, -0.15) is 11.8 Å². The number of thioether (sulfide) groups is 1. The van der Waals surface area contributed by atoms with Crippen molar-refractivity contribution in [1.29, 1.82) is 0 Å². The van der Waals surface area contributed by atoms with Crippen molar-refractivity contribution < 1.29 is 4.39 Å². The Morgan fingerprint density at radius 3 is 2.54 bits per heavy atom. The molecule has 0 amide bonds. The zero-order valence-corrected chi connectivity index (χ0v) is 8.48. The van der Waals surface area contributed by atoms with Crippen molar-refractivity contribution in [3.63, 3.8) is 0 Å². The summed E-state index contributed by atoms with van der Waals surface area (Å²) < 4.78 is 12.5. The second-order valence-corrected chi connectivity index (χ2v) is 4.41. The van der Waals surface area contributed by atoms with Gasteiger partial charge in [0, 0.05) is 17.5 Å². The molecular weight excluding hydrogens is 185 g/mol. The van der Waals surface area contributed by atoms with Gasteiger partial charge in [0.25, 0.3) is 0 Å². The van der Waals surface area contributed by atoms with E-state index in [2.05, 4.69) is 6.92 Å². The second kappa shape index (κ2) is 5.25. The molecular formula is C10H14FNS. The largest absolute Gasteiger partial charge is 0.329 e. The molecule has 0 bridgehead atoms. The lowest BCUT2D eigenvalue weighted by Gasteiger charge is -2.07. The molecule has 0 aliphatic rings. The summed E-state index contributed by atoms with van der Waals surface area (Å²) >= 11 is 1.79. The van der Waals surface area contributed by atoms with Crippen LogP contribution in [0.3, 0.4) is 0 Å². The molecule has 0 aliphatic heterocycles. The third-order valence-corrected chi connectivity index (χ3v) is 3.04. The van der Waals surface area contributed by atoms with Crippen molar-refractivity contribution in [3.8, 4) is 0 Å². The van der Waals surface area contributed by atoms with E-state index in [1.807, 2.05) is 12.1 Å². The number of hydrogen-bond donors (Lipinski definition) is 1. The average molecular weight is 199 g/mol. The maximum absolute atomic E-state index is 12.5. The molecule has 1 aromatic carbocycles. The summed E-state index contributed by atoms with van der Waals surface area (Å²) in [5.74, 6) is 0.721. The van der Waals surface area contributed by atoms with E-state index < -0.39 is 0 Å². The first-order chi connectivity index (χ1) is 6.22. The Labute approximate surface area is 82.5 Å². The molecule has 0 saturated carbocycles. The van der Waals surface area contributed by atoms with Crippen LogP contribution in [0.4, 0.5) is 4.39 Å². The average Bonchev–Trinajstić information content (AvgIpc) is 2.16. The summed E-state index contributed by atoms with van der Waals surface area (Å²) in [5, 5.41) is 0.463. The van der Waals surface area contributed by atoms with Crippen LogP contribution in [0.1, 0.15) is 12.5 Å². The highest BCUT2D eigenvalue weighted by molar-refractivity contribution is 7.99. The molecule has 0 aromatic heterocycles. The molecule has 13 heavy (non-hydrogen) atoms. The lowest BCUT2D eigenvalue weighted by molar-refractivity contribution is 0.627. The molecule has 0 radical (unpaired) electrons. The van der Waals surface area contributed by atoms with Gasteiger partial charge in [-0.25, -0.2) is 4.39 Å². The van der Waals surface area contributed by atoms with Crippen LogP contribution in [0.15, 0.2) is 24.3 Å². The molecule has 1 aromatic rings. The number of hydrogen-bond acceptors (Lipinski definition) is 2. The van der Waals surface area contributed by atoms with E-state index in [4.69, 9.17) is 5.73 Å². The summed E-state index contributed by atoms with van der Waals surface area (Å²) in [6.07, 6.45) is 0. The van der Waals surface area contributed by atoms with Gasteiger partial charge in [-0.3, -0.25) is 0 Å². The monoisotopic (exact) mass is 199 g/mol. The fourth-order valence-corrected chi connectivity index (χ4v) is 1.69. The minimum Gasteiger partial charge on any atom is -0.329 e. The Morgan fingerprint density at radius 2 is 2.00 bits per heavy atom. The molecule has 72 valence electrons. The quantitative estimate of drug-likeness (QED) is 0.806. The number of nitrogens with two attached hydrogens (primary N) is 1. The lowest BCUT2D eigenvalue weighted by atomic mass is 10.2. The van der Waals surface area contributed by atoms with Crippen molar-refractivity contribution in [2.45, 2.75) is 17.9 Å². The van der Waals surface area contributed by atoms with E-state index in [-0.39, 0.29) is 5.82 Å². The van der Waals surface area contributed by atoms with Gasteiger partial charge < -0.3 is 5.73 Å². The normalized spacial score (nSPS) is 12.8. The van der Waals surface area contributed by atoms with Crippen molar-refractivity contribution >= 4 is 11.8 Å². The Kier molecular flexibility index (Phi) is 4.25. The number of rotatable bonds is 4. The van der Waals surface area contributed by atoms with Crippen LogP contribution in [0.2, 0.25) is 0 Å². The van der Waals surface area contributed by atoms with Crippen molar-refractivity contribution in [2.24, 2.45) is 5.73 Å². The number of benzene rings is 1. The van der Waals surface area contributed by atoms with Crippen LogP contribution in [-0.4, -0.2) is 11.8 Å². The van der Waals surface area contributed by atoms with Crippen LogP contribution in [-0.2, 0) is 5.75 Å². The predicted octanol–water partition coefficient (Wildman–Crippen LogP) is 2.41. The van der Waals surface area contributed by atoms with Crippen molar-refractivity contribution in [3.05, 3.63) is 35.6 Å². The summed E-state index contributed by atoms with van der Waals surface area (Å²) in [4.78, 5) is 0. The van der Waals surface area contributed by atoms with Gasteiger partial charge in [-0.1, -0.05) is 19.1 Å². The van der Waals surface area contributed by atoms with Gasteiger partial charge in [-0.15, -0.1) is 0 Å². The molecule has 1 rings (SSSR count). The molecule has 1 unspecified atom stereocenters. The summed E-state index contributed by atoms with van der Waals surface area (Å²) in [6.45, 7) is 2.78. The van der Waals surface area contributed by atoms with E-state index in [1.165, 1.54) is 12.1 Å². The van der Waals surface area contributed by atoms with Crippen molar-refractivity contribution in [2.75, 3.05) is 6.54 Å². The Morgan fingerprint density at radius 1 is 1.38 bits per heavy atom. The summed E-state index contributed by atoms with van der Waals surface area (Å²) in [7, 11) is 0. The molecule has 1 nitrogen and oxygen atoms in total. The maximum Gasteiger partial charge on any atom is 0.123 e. The lowest BCUT2D eigenvalue weighted by Crippen LogP contribution is -2.12. The first-order valence-electron chi connectivity index (χ1n) is 4.28. The molecule has 0 saturated heterocycles. The highest BCUT2D eigenvalue weighted by Crippen LogP contribution is 2.16. The molecule has 2 N–H and O–H groups in total. The minimum atomic E-state index is -0.180. The van der Waals surface area contributed by atoms with Crippen LogP contribution in [0.25, 0.3) is 0 Å². The summed E-state index contributed by atoms with van der Waals surface area (Å²) in [5.41, 5.74) is 6.62. The van der Waals surface area contributed by atoms with E-state index >= 15 is 0 Å².